The normalized spacial score (nSPS) is 12.3. The molecule has 112 valence electrons. The Hall–Kier alpha value is -2.31. The number of nitrogens with one attached hydrogen (secondary N) is 1. The fourth-order valence-corrected chi connectivity index (χ4v) is 2.88. The van der Waals surface area contributed by atoms with E-state index in [2.05, 4.69) is 14.9 Å². The van der Waals surface area contributed by atoms with Crippen LogP contribution in [0.4, 0.5) is 5.69 Å². The first-order valence-corrected chi connectivity index (χ1v) is 7.74. The largest absolute Gasteiger partial charge is 0.329 e. The summed E-state index contributed by atoms with van der Waals surface area (Å²) in [4.78, 5) is 12.5. The Morgan fingerprint density at radius 3 is 2.77 bits per heavy atom. The third-order valence-corrected chi connectivity index (χ3v) is 4.23. The van der Waals surface area contributed by atoms with E-state index in [1.54, 1.807) is 0 Å². The highest BCUT2D eigenvalue weighted by Crippen LogP contribution is 2.22. The average molecular weight is 312 g/mol. The topological polar surface area (TPSA) is 80.9 Å². The van der Waals surface area contributed by atoms with Gasteiger partial charge in [-0.1, -0.05) is 34.3 Å². The van der Waals surface area contributed by atoms with E-state index in [0.717, 1.165) is 27.0 Å². The van der Waals surface area contributed by atoms with Crippen molar-refractivity contribution in [1.82, 2.24) is 9.59 Å². The Morgan fingerprint density at radius 1 is 1.27 bits per heavy atom. The molecule has 22 heavy (non-hydrogen) atoms. The fourth-order valence-electron chi connectivity index (χ4n) is 2.28. The summed E-state index contributed by atoms with van der Waals surface area (Å²) in [7, 11) is 0. The van der Waals surface area contributed by atoms with Crippen molar-refractivity contribution in [1.29, 1.82) is 0 Å². The average Bonchev–Trinajstić information content (AvgIpc) is 2.97. The van der Waals surface area contributed by atoms with Gasteiger partial charge in [-0.15, -0.1) is 5.10 Å². The van der Waals surface area contributed by atoms with Gasteiger partial charge in [-0.25, -0.2) is 0 Å². The van der Waals surface area contributed by atoms with Crippen LogP contribution in [0.5, 0.6) is 0 Å². The Balaban J connectivity index is 1.80. The van der Waals surface area contributed by atoms with Crippen LogP contribution < -0.4 is 11.1 Å². The SMILES string of the molecule is Cc1ccc(C(CN)C(=O)Nc2ccc3nnsc3c2)cc1. The summed E-state index contributed by atoms with van der Waals surface area (Å²) in [5.74, 6) is -0.473. The molecule has 0 aliphatic carbocycles. The van der Waals surface area contributed by atoms with E-state index in [1.807, 2.05) is 49.4 Å². The van der Waals surface area contributed by atoms with Gasteiger partial charge in [0.15, 0.2) is 0 Å². The molecule has 0 saturated carbocycles. The van der Waals surface area contributed by atoms with Gasteiger partial charge in [0.05, 0.1) is 10.6 Å². The number of aryl methyl sites for hydroxylation is 1. The number of carbonyl (C=O) groups is 1. The number of aromatic nitrogens is 2. The van der Waals surface area contributed by atoms with E-state index in [4.69, 9.17) is 5.73 Å². The molecule has 0 fully saturated rings. The van der Waals surface area contributed by atoms with Crippen LogP contribution in [0.15, 0.2) is 42.5 Å². The number of fused-ring (bicyclic) bond motifs is 1. The lowest BCUT2D eigenvalue weighted by atomic mass is 9.97. The minimum absolute atomic E-state index is 0.108. The minimum atomic E-state index is -0.365. The summed E-state index contributed by atoms with van der Waals surface area (Å²) in [6.07, 6.45) is 0. The number of benzene rings is 2. The summed E-state index contributed by atoms with van der Waals surface area (Å²) in [6.45, 7) is 2.28. The molecule has 0 aliphatic rings. The van der Waals surface area contributed by atoms with Crippen molar-refractivity contribution in [3.05, 3.63) is 53.6 Å². The molecular weight excluding hydrogens is 296 g/mol. The van der Waals surface area contributed by atoms with Gasteiger partial charge in [0.2, 0.25) is 5.91 Å². The van der Waals surface area contributed by atoms with E-state index < -0.39 is 0 Å². The fraction of sp³-hybridized carbons (Fsp3) is 0.188. The first-order valence-electron chi connectivity index (χ1n) is 6.97. The lowest BCUT2D eigenvalue weighted by molar-refractivity contribution is -0.117. The second kappa shape index (κ2) is 6.21. The molecule has 1 amide bonds. The van der Waals surface area contributed by atoms with E-state index >= 15 is 0 Å². The number of hydrogen-bond acceptors (Lipinski definition) is 5. The number of nitrogens with zero attached hydrogens (tertiary/aromatic N) is 2. The molecule has 5 nitrogen and oxygen atoms in total. The molecule has 3 rings (SSSR count). The molecule has 1 heterocycles. The highest BCUT2D eigenvalue weighted by Gasteiger charge is 2.19. The van der Waals surface area contributed by atoms with Crippen LogP contribution in [0.1, 0.15) is 17.0 Å². The standard InChI is InChI=1S/C16H16N4OS/c1-10-2-4-11(5-3-10)13(9-17)16(21)18-12-6-7-14-15(8-12)22-20-19-14/h2-8,13H,9,17H2,1H3,(H,18,21). The van der Waals surface area contributed by atoms with Gasteiger partial charge in [0.1, 0.15) is 5.52 Å². The summed E-state index contributed by atoms with van der Waals surface area (Å²) < 4.78 is 4.83. The van der Waals surface area contributed by atoms with Gasteiger partial charge in [0.25, 0.3) is 0 Å². The molecule has 3 N–H and O–H groups in total. The van der Waals surface area contributed by atoms with Crippen LogP contribution in [-0.2, 0) is 4.79 Å². The number of carbonyl (C=O) groups excluding carboxylic acids is 1. The molecule has 1 unspecified atom stereocenters. The monoisotopic (exact) mass is 312 g/mol. The maximum atomic E-state index is 12.5. The zero-order valence-electron chi connectivity index (χ0n) is 12.1. The lowest BCUT2D eigenvalue weighted by Gasteiger charge is -2.15. The maximum Gasteiger partial charge on any atom is 0.233 e. The molecule has 6 heteroatoms. The maximum absolute atomic E-state index is 12.5. The molecule has 1 atom stereocenters. The molecule has 0 saturated heterocycles. The van der Waals surface area contributed by atoms with E-state index in [-0.39, 0.29) is 18.4 Å². The van der Waals surface area contributed by atoms with Gasteiger partial charge < -0.3 is 11.1 Å². The van der Waals surface area contributed by atoms with Crippen molar-refractivity contribution in [2.45, 2.75) is 12.8 Å². The Kier molecular flexibility index (Phi) is 4.13. The van der Waals surface area contributed by atoms with Crippen LogP contribution in [0.2, 0.25) is 0 Å². The predicted molar refractivity (Wildman–Crippen MR) is 89.0 cm³/mol. The molecule has 0 spiro atoms. The van der Waals surface area contributed by atoms with Crippen LogP contribution in [-0.4, -0.2) is 22.0 Å². The summed E-state index contributed by atoms with van der Waals surface area (Å²) in [5.41, 5.74) is 9.43. The second-order valence-electron chi connectivity index (χ2n) is 5.14. The van der Waals surface area contributed by atoms with Gasteiger partial charge in [-0.05, 0) is 42.2 Å². The van der Waals surface area contributed by atoms with Gasteiger partial charge >= 0.3 is 0 Å². The third kappa shape index (κ3) is 2.98. The highest BCUT2D eigenvalue weighted by atomic mass is 32.1. The summed E-state index contributed by atoms with van der Waals surface area (Å²) >= 11 is 1.30. The molecule has 0 bridgehead atoms. The van der Waals surface area contributed by atoms with Crippen LogP contribution in [0, 0.1) is 6.92 Å². The van der Waals surface area contributed by atoms with E-state index in [9.17, 15) is 4.79 Å². The predicted octanol–water partition coefficient (Wildman–Crippen LogP) is 2.68. The second-order valence-corrected chi connectivity index (χ2v) is 5.93. The smallest absolute Gasteiger partial charge is 0.233 e. The zero-order chi connectivity index (χ0) is 15.5. The zero-order valence-corrected chi connectivity index (χ0v) is 12.9. The Bertz CT molecular complexity index is 797. The quantitative estimate of drug-likeness (QED) is 0.776. The van der Waals surface area contributed by atoms with Crippen LogP contribution >= 0.6 is 11.5 Å². The third-order valence-electron chi connectivity index (χ3n) is 3.55. The van der Waals surface area contributed by atoms with Gasteiger partial charge in [0, 0.05) is 12.2 Å². The molecule has 3 aromatic rings. The van der Waals surface area contributed by atoms with Crippen molar-refractivity contribution in [3.8, 4) is 0 Å². The molecule has 0 aliphatic heterocycles. The van der Waals surface area contributed by atoms with Crippen molar-refractivity contribution in [2.24, 2.45) is 5.73 Å². The van der Waals surface area contributed by atoms with Crippen molar-refractivity contribution < 1.29 is 4.79 Å². The molecule has 1 aromatic heterocycles. The molecule has 2 aromatic carbocycles. The minimum Gasteiger partial charge on any atom is -0.329 e. The first-order chi connectivity index (χ1) is 10.7. The van der Waals surface area contributed by atoms with E-state index in [0.29, 0.717) is 0 Å². The lowest BCUT2D eigenvalue weighted by Crippen LogP contribution is -2.27. The first kappa shape index (κ1) is 14.6. The molecular formula is C16H16N4OS. The number of amides is 1. The van der Waals surface area contributed by atoms with Crippen molar-refractivity contribution in [2.75, 3.05) is 11.9 Å². The summed E-state index contributed by atoms with van der Waals surface area (Å²) in [5, 5.41) is 6.90. The van der Waals surface area contributed by atoms with Crippen molar-refractivity contribution in [3.63, 3.8) is 0 Å². The number of rotatable bonds is 4. The number of hydrogen-bond donors (Lipinski definition) is 2. The molecule has 0 radical (unpaired) electrons. The van der Waals surface area contributed by atoms with Crippen molar-refractivity contribution >= 4 is 33.3 Å². The van der Waals surface area contributed by atoms with Crippen LogP contribution in [0.3, 0.4) is 0 Å². The van der Waals surface area contributed by atoms with E-state index in [1.165, 1.54) is 11.5 Å². The number of nitrogens with two attached hydrogens (primary N) is 1. The number of anilines is 1. The van der Waals surface area contributed by atoms with Gasteiger partial charge in [-0.3, -0.25) is 4.79 Å². The Morgan fingerprint density at radius 2 is 2.05 bits per heavy atom. The van der Waals surface area contributed by atoms with Crippen LogP contribution in [0.25, 0.3) is 10.2 Å². The van der Waals surface area contributed by atoms with Gasteiger partial charge in [-0.2, -0.15) is 0 Å². The Labute approximate surface area is 132 Å². The highest BCUT2D eigenvalue weighted by molar-refractivity contribution is 7.12. The summed E-state index contributed by atoms with van der Waals surface area (Å²) in [6, 6.07) is 13.4.